The SMILES string of the molecule is CCCCCCCCCCCCCCCCCCNC(=O)CCCn1cc(Cc2cncnc2)c(=O)nc1SCc1ccc(C)cc1. The second-order valence-electron chi connectivity index (χ2n) is 13.0. The number of hydrogen-bond donors (Lipinski definition) is 1. The van der Waals surface area contributed by atoms with Crippen molar-refractivity contribution in [3.8, 4) is 0 Å². The van der Waals surface area contributed by atoms with Crippen LogP contribution < -0.4 is 10.9 Å². The maximum Gasteiger partial charge on any atom is 0.277 e. The summed E-state index contributed by atoms with van der Waals surface area (Å²) in [5.74, 6) is 0.814. The van der Waals surface area contributed by atoms with Crippen molar-refractivity contribution in [1.82, 2.24) is 24.8 Å². The van der Waals surface area contributed by atoms with E-state index in [1.165, 1.54) is 114 Å². The minimum absolute atomic E-state index is 0.0930. The summed E-state index contributed by atoms with van der Waals surface area (Å²) in [5.41, 5.74) is 3.64. The van der Waals surface area contributed by atoms with Gasteiger partial charge in [-0.1, -0.05) is 145 Å². The van der Waals surface area contributed by atoms with Gasteiger partial charge in [-0.3, -0.25) is 9.59 Å². The minimum atomic E-state index is -0.229. The molecule has 0 fully saturated rings. The number of hydrogen-bond acceptors (Lipinski definition) is 6. The summed E-state index contributed by atoms with van der Waals surface area (Å²) in [5, 5.41) is 3.78. The molecule has 0 saturated carbocycles. The van der Waals surface area contributed by atoms with E-state index in [4.69, 9.17) is 0 Å². The lowest BCUT2D eigenvalue weighted by molar-refractivity contribution is -0.121. The first-order chi connectivity index (χ1) is 23.0. The van der Waals surface area contributed by atoms with Crippen LogP contribution in [0.25, 0.3) is 0 Å². The van der Waals surface area contributed by atoms with Crippen LogP contribution in [0.5, 0.6) is 0 Å². The molecule has 0 aliphatic carbocycles. The van der Waals surface area contributed by atoms with Crippen molar-refractivity contribution in [3.63, 3.8) is 0 Å². The highest BCUT2D eigenvalue weighted by Gasteiger charge is 2.12. The van der Waals surface area contributed by atoms with Gasteiger partial charge in [0.25, 0.3) is 5.56 Å². The molecule has 3 rings (SSSR count). The number of carbonyl (C=O) groups excluding carboxylic acids is 1. The van der Waals surface area contributed by atoms with Gasteiger partial charge in [-0.15, -0.1) is 0 Å². The molecule has 0 atom stereocenters. The molecule has 2 aromatic heterocycles. The van der Waals surface area contributed by atoms with Gasteiger partial charge in [-0.2, -0.15) is 4.98 Å². The summed E-state index contributed by atoms with van der Waals surface area (Å²) in [6.07, 6.45) is 29.9. The van der Waals surface area contributed by atoms with Gasteiger partial charge in [-0.05, 0) is 30.9 Å². The fraction of sp³-hybridized carbons (Fsp3) is 0.615. The molecule has 0 aliphatic rings. The Morgan fingerprint density at radius 2 is 1.34 bits per heavy atom. The second-order valence-corrected chi connectivity index (χ2v) is 13.9. The van der Waals surface area contributed by atoms with Crippen molar-refractivity contribution >= 4 is 17.7 Å². The number of thioether (sulfide) groups is 1. The monoisotopic (exact) mass is 661 g/mol. The highest BCUT2D eigenvalue weighted by Crippen LogP contribution is 2.22. The fourth-order valence-electron chi connectivity index (χ4n) is 5.79. The molecule has 2 heterocycles. The van der Waals surface area contributed by atoms with E-state index >= 15 is 0 Å². The highest BCUT2D eigenvalue weighted by atomic mass is 32.2. The molecular formula is C39H59N5O2S. The fourth-order valence-corrected chi connectivity index (χ4v) is 6.74. The zero-order valence-corrected chi connectivity index (χ0v) is 30.0. The van der Waals surface area contributed by atoms with Crippen molar-refractivity contribution in [1.29, 1.82) is 0 Å². The van der Waals surface area contributed by atoms with Crippen LogP contribution in [0.1, 0.15) is 145 Å². The van der Waals surface area contributed by atoms with Gasteiger partial charge in [-0.25, -0.2) is 9.97 Å². The molecule has 7 nitrogen and oxygen atoms in total. The molecule has 0 radical (unpaired) electrons. The lowest BCUT2D eigenvalue weighted by Crippen LogP contribution is -2.25. The Labute approximate surface area is 288 Å². The third kappa shape index (κ3) is 17.1. The number of rotatable bonds is 26. The molecular weight excluding hydrogens is 603 g/mol. The van der Waals surface area contributed by atoms with Crippen LogP contribution in [0.3, 0.4) is 0 Å². The number of nitrogens with zero attached hydrogens (tertiary/aromatic N) is 4. The van der Waals surface area contributed by atoms with Crippen LogP contribution in [0.4, 0.5) is 0 Å². The van der Waals surface area contributed by atoms with E-state index in [-0.39, 0.29) is 11.5 Å². The van der Waals surface area contributed by atoms with Crippen LogP contribution >= 0.6 is 11.8 Å². The van der Waals surface area contributed by atoms with Crippen LogP contribution in [0.15, 0.2) is 59.1 Å². The van der Waals surface area contributed by atoms with Gasteiger partial charge in [0.2, 0.25) is 5.91 Å². The van der Waals surface area contributed by atoms with Gasteiger partial charge in [0.1, 0.15) is 6.33 Å². The molecule has 47 heavy (non-hydrogen) atoms. The Morgan fingerprint density at radius 1 is 0.766 bits per heavy atom. The average molecular weight is 662 g/mol. The zero-order chi connectivity index (χ0) is 33.4. The third-order valence-electron chi connectivity index (χ3n) is 8.68. The Balaban J connectivity index is 1.30. The number of aryl methyl sites for hydroxylation is 2. The van der Waals surface area contributed by atoms with Crippen molar-refractivity contribution in [2.24, 2.45) is 0 Å². The number of nitrogens with one attached hydrogen (secondary N) is 1. The van der Waals surface area contributed by atoms with Crippen molar-refractivity contribution in [3.05, 3.63) is 81.8 Å². The molecule has 1 aromatic carbocycles. The summed E-state index contributed by atoms with van der Waals surface area (Å²) >= 11 is 1.55. The van der Waals surface area contributed by atoms with Gasteiger partial charge < -0.3 is 9.88 Å². The molecule has 0 saturated heterocycles. The first kappa shape index (κ1) is 38.4. The van der Waals surface area contributed by atoms with Crippen LogP contribution in [-0.2, 0) is 23.5 Å². The van der Waals surface area contributed by atoms with Crippen LogP contribution in [0, 0.1) is 6.92 Å². The van der Waals surface area contributed by atoms with E-state index in [1.807, 2.05) is 10.8 Å². The van der Waals surface area contributed by atoms with E-state index in [0.717, 1.165) is 24.3 Å². The normalized spacial score (nSPS) is 11.2. The number of aromatic nitrogens is 4. The average Bonchev–Trinajstić information content (AvgIpc) is 3.08. The van der Waals surface area contributed by atoms with Crippen molar-refractivity contribution < 1.29 is 4.79 Å². The second kappa shape index (κ2) is 24.2. The minimum Gasteiger partial charge on any atom is -0.356 e. The van der Waals surface area contributed by atoms with Gasteiger partial charge >= 0.3 is 0 Å². The van der Waals surface area contributed by atoms with E-state index in [0.29, 0.717) is 36.5 Å². The number of benzene rings is 1. The smallest absolute Gasteiger partial charge is 0.277 e. The predicted octanol–water partition coefficient (Wildman–Crippen LogP) is 9.38. The summed E-state index contributed by atoms with van der Waals surface area (Å²) < 4.78 is 2.03. The highest BCUT2D eigenvalue weighted by molar-refractivity contribution is 7.98. The molecule has 0 aliphatic heterocycles. The molecule has 0 unspecified atom stereocenters. The van der Waals surface area contributed by atoms with Crippen LogP contribution in [0.2, 0.25) is 0 Å². The van der Waals surface area contributed by atoms with E-state index in [2.05, 4.69) is 58.4 Å². The molecule has 258 valence electrons. The first-order valence-corrected chi connectivity index (χ1v) is 19.3. The first-order valence-electron chi connectivity index (χ1n) is 18.3. The summed E-state index contributed by atoms with van der Waals surface area (Å²) in [6.45, 7) is 5.72. The third-order valence-corrected chi connectivity index (χ3v) is 9.74. The topological polar surface area (TPSA) is 89.8 Å². The number of amides is 1. The Hall–Kier alpha value is -3.00. The quantitative estimate of drug-likeness (QED) is 0.0524. The van der Waals surface area contributed by atoms with E-state index in [9.17, 15) is 9.59 Å². The molecule has 1 amide bonds. The van der Waals surface area contributed by atoms with Gasteiger partial charge in [0, 0.05) is 55.8 Å². The number of carbonyl (C=O) groups is 1. The van der Waals surface area contributed by atoms with Crippen molar-refractivity contribution in [2.75, 3.05) is 6.54 Å². The lowest BCUT2D eigenvalue weighted by Gasteiger charge is -2.14. The Morgan fingerprint density at radius 3 is 1.94 bits per heavy atom. The van der Waals surface area contributed by atoms with Crippen LogP contribution in [-0.4, -0.2) is 32.0 Å². The molecule has 0 spiro atoms. The largest absolute Gasteiger partial charge is 0.356 e. The summed E-state index contributed by atoms with van der Waals surface area (Å²) in [7, 11) is 0. The standard InChI is InChI=1S/C39H59N5O2S/c1-3-4-5-6-7-8-9-10-11-12-13-14-15-16-17-18-25-42-37(45)20-19-26-44-30-36(27-35-28-40-32-41-29-35)38(46)43-39(44)47-31-34-23-21-33(2)22-24-34/h21-24,28-30,32H,3-20,25-27,31H2,1-2H3,(H,42,45). The molecule has 1 N–H and O–H groups in total. The Bertz CT molecular complexity index is 1310. The van der Waals surface area contributed by atoms with E-state index in [1.54, 1.807) is 24.2 Å². The maximum absolute atomic E-state index is 12.9. The number of unbranched alkanes of at least 4 members (excludes halogenated alkanes) is 15. The van der Waals surface area contributed by atoms with Gasteiger partial charge in [0.05, 0.1) is 0 Å². The Kier molecular flexibility index (Phi) is 19.8. The molecule has 3 aromatic rings. The molecule has 8 heteroatoms. The van der Waals surface area contributed by atoms with Gasteiger partial charge in [0.15, 0.2) is 5.16 Å². The lowest BCUT2D eigenvalue weighted by atomic mass is 10.0. The zero-order valence-electron chi connectivity index (χ0n) is 29.2. The summed E-state index contributed by atoms with van der Waals surface area (Å²) in [4.78, 5) is 38.1. The summed E-state index contributed by atoms with van der Waals surface area (Å²) in [6, 6.07) is 8.41. The predicted molar refractivity (Wildman–Crippen MR) is 196 cm³/mol. The van der Waals surface area contributed by atoms with E-state index < -0.39 is 0 Å². The molecule has 0 bridgehead atoms. The maximum atomic E-state index is 12.9. The van der Waals surface area contributed by atoms with Crippen molar-refractivity contribution in [2.45, 2.75) is 153 Å².